The highest BCUT2D eigenvalue weighted by Crippen LogP contribution is 2.09. The van der Waals surface area contributed by atoms with Crippen molar-refractivity contribution in [3.05, 3.63) is 12.2 Å². The first-order valence-electron chi connectivity index (χ1n) is 5.29. The van der Waals surface area contributed by atoms with Crippen molar-refractivity contribution in [3.63, 3.8) is 0 Å². The molecule has 0 aliphatic carbocycles. The molecule has 16 heavy (non-hydrogen) atoms. The van der Waals surface area contributed by atoms with Gasteiger partial charge in [0.2, 0.25) is 0 Å². The Bertz CT molecular complexity index is 250. The molecule has 5 heteroatoms. The predicted octanol–water partition coefficient (Wildman–Crippen LogP) is 2.40. The van der Waals surface area contributed by atoms with Crippen LogP contribution in [0.2, 0.25) is 0 Å². The molecular weight excluding hydrogens is 232 g/mol. The van der Waals surface area contributed by atoms with Gasteiger partial charge in [-0.3, -0.25) is 0 Å². The Labute approximate surface area is 101 Å². The molecule has 0 saturated carbocycles. The quantitative estimate of drug-likeness (QED) is 0.394. The number of rotatable bonds is 7. The van der Waals surface area contributed by atoms with E-state index in [2.05, 4.69) is 4.74 Å². The molecule has 0 N–H and O–H groups in total. The predicted molar refractivity (Wildman–Crippen MR) is 61.0 cm³/mol. The van der Waals surface area contributed by atoms with Gasteiger partial charge in [-0.25, -0.2) is 9.59 Å². The van der Waals surface area contributed by atoms with Crippen LogP contribution in [-0.4, -0.2) is 24.1 Å². The van der Waals surface area contributed by atoms with Gasteiger partial charge in [-0.15, -0.1) is 0 Å². The Balaban J connectivity index is 3.84. The topological polar surface area (TPSA) is 52.6 Å². The van der Waals surface area contributed by atoms with E-state index >= 15 is 0 Å². The first-order valence-corrected chi connectivity index (χ1v) is 5.73. The lowest BCUT2D eigenvalue weighted by molar-refractivity contribution is -0.141. The second kappa shape index (κ2) is 9.21. The number of alkyl halides is 1. The zero-order valence-corrected chi connectivity index (χ0v) is 10.3. The van der Waals surface area contributed by atoms with Crippen LogP contribution in [0.25, 0.3) is 0 Å². The van der Waals surface area contributed by atoms with E-state index in [-0.39, 0.29) is 6.61 Å². The van der Waals surface area contributed by atoms with Gasteiger partial charge >= 0.3 is 11.9 Å². The number of unbranched alkanes of at least 4 members (excludes halogenated alkanes) is 1. The Hall–Kier alpha value is -1.03. The van der Waals surface area contributed by atoms with Crippen LogP contribution in [0.1, 0.15) is 33.1 Å². The molecule has 0 heterocycles. The van der Waals surface area contributed by atoms with Gasteiger partial charge in [-0.2, -0.15) is 0 Å². The summed E-state index contributed by atoms with van der Waals surface area (Å²) in [6, 6.07) is 0. The SMILES string of the molecule is CCCCC(Cl)OC(=O)/C=C/C(=O)OCC. The highest BCUT2D eigenvalue weighted by atomic mass is 35.5. The van der Waals surface area contributed by atoms with Crippen LogP contribution in [0.3, 0.4) is 0 Å². The zero-order chi connectivity index (χ0) is 12.4. The van der Waals surface area contributed by atoms with Gasteiger partial charge in [0.1, 0.15) is 0 Å². The van der Waals surface area contributed by atoms with E-state index in [1.54, 1.807) is 6.92 Å². The van der Waals surface area contributed by atoms with Gasteiger partial charge in [0.05, 0.1) is 6.61 Å². The maximum Gasteiger partial charge on any atom is 0.332 e. The summed E-state index contributed by atoms with van der Waals surface area (Å²) in [4.78, 5) is 22.0. The highest BCUT2D eigenvalue weighted by Gasteiger charge is 2.08. The molecule has 1 atom stereocenters. The second-order valence-electron chi connectivity index (χ2n) is 3.07. The van der Waals surface area contributed by atoms with Crippen LogP contribution in [-0.2, 0) is 19.1 Å². The largest absolute Gasteiger partial charge is 0.463 e. The summed E-state index contributed by atoms with van der Waals surface area (Å²) in [5.74, 6) is -1.21. The maximum absolute atomic E-state index is 11.1. The third-order valence-corrected chi connectivity index (χ3v) is 1.98. The summed E-state index contributed by atoms with van der Waals surface area (Å²) < 4.78 is 9.41. The van der Waals surface area contributed by atoms with Gasteiger partial charge in [0, 0.05) is 12.2 Å². The summed E-state index contributed by atoms with van der Waals surface area (Å²) in [5.41, 5.74) is -0.640. The number of halogens is 1. The van der Waals surface area contributed by atoms with E-state index < -0.39 is 17.5 Å². The van der Waals surface area contributed by atoms with Crippen LogP contribution in [0.15, 0.2) is 12.2 Å². The molecule has 0 aliphatic heterocycles. The fourth-order valence-electron chi connectivity index (χ4n) is 0.915. The second-order valence-corrected chi connectivity index (χ2v) is 3.56. The Morgan fingerprint density at radius 3 is 2.44 bits per heavy atom. The van der Waals surface area contributed by atoms with E-state index in [9.17, 15) is 9.59 Å². The third kappa shape index (κ3) is 8.29. The summed E-state index contributed by atoms with van der Waals surface area (Å²) in [6.07, 6.45) is 4.52. The van der Waals surface area contributed by atoms with Crippen LogP contribution in [0.5, 0.6) is 0 Å². The Kier molecular flexibility index (Phi) is 8.62. The van der Waals surface area contributed by atoms with Gasteiger partial charge < -0.3 is 9.47 Å². The van der Waals surface area contributed by atoms with Gasteiger partial charge in [-0.05, 0) is 19.8 Å². The molecule has 0 rings (SSSR count). The molecule has 0 bridgehead atoms. The average molecular weight is 249 g/mol. The minimum Gasteiger partial charge on any atom is -0.463 e. The van der Waals surface area contributed by atoms with E-state index in [1.165, 1.54) is 0 Å². The standard InChI is InChI=1S/C11H17ClO4/c1-3-5-6-9(12)16-11(14)8-7-10(13)15-4-2/h7-9H,3-6H2,1-2H3/b8-7+. The normalized spacial score (nSPS) is 12.4. The van der Waals surface area contributed by atoms with E-state index in [0.29, 0.717) is 6.42 Å². The summed E-state index contributed by atoms with van der Waals surface area (Å²) in [6.45, 7) is 3.97. The molecule has 0 aromatic rings. The van der Waals surface area contributed by atoms with E-state index in [0.717, 1.165) is 25.0 Å². The Morgan fingerprint density at radius 1 is 1.25 bits per heavy atom. The number of ether oxygens (including phenoxy) is 2. The van der Waals surface area contributed by atoms with Crippen LogP contribution < -0.4 is 0 Å². The molecule has 0 amide bonds. The van der Waals surface area contributed by atoms with Crippen molar-refractivity contribution in [1.29, 1.82) is 0 Å². The summed E-state index contributed by atoms with van der Waals surface area (Å²) in [5, 5.41) is 0. The van der Waals surface area contributed by atoms with E-state index in [4.69, 9.17) is 16.3 Å². The maximum atomic E-state index is 11.1. The molecule has 4 nitrogen and oxygen atoms in total. The number of hydrogen-bond donors (Lipinski definition) is 0. The molecule has 0 radical (unpaired) electrons. The van der Waals surface area contributed by atoms with Crippen molar-refractivity contribution in [2.45, 2.75) is 38.7 Å². The minimum absolute atomic E-state index is 0.271. The van der Waals surface area contributed by atoms with Crippen LogP contribution >= 0.6 is 11.6 Å². The van der Waals surface area contributed by atoms with Crippen LogP contribution in [0, 0.1) is 0 Å². The first kappa shape index (κ1) is 15.0. The van der Waals surface area contributed by atoms with Gasteiger partial charge in [0.15, 0.2) is 5.56 Å². The minimum atomic E-state index is -0.640. The molecular formula is C11H17ClO4. The lowest BCUT2D eigenvalue weighted by Gasteiger charge is -2.08. The molecule has 0 fully saturated rings. The number of carbonyl (C=O) groups excluding carboxylic acids is 2. The van der Waals surface area contributed by atoms with Gasteiger partial charge in [0.25, 0.3) is 0 Å². The zero-order valence-electron chi connectivity index (χ0n) is 9.57. The third-order valence-electron chi connectivity index (χ3n) is 1.67. The summed E-state index contributed by atoms with van der Waals surface area (Å²) >= 11 is 5.74. The van der Waals surface area contributed by atoms with Crippen molar-refractivity contribution in [3.8, 4) is 0 Å². The highest BCUT2D eigenvalue weighted by molar-refractivity contribution is 6.20. The Morgan fingerprint density at radius 2 is 1.88 bits per heavy atom. The number of carbonyl (C=O) groups is 2. The molecule has 0 saturated heterocycles. The lowest BCUT2D eigenvalue weighted by Crippen LogP contribution is -2.11. The summed E-state index contributed by atoms with van der Waals surface area (Å²) in [7, 11) is 0. The average Bonchev–Trinajstić information content (AvgIpc) is 2.24. The van der Waals surface area contributed by atoms with Crippen molar-refractivity contribution in [2.24, 2.45) is 0 Å². The molecule has 92 valence electrons. The molecule has 0 aromatic heterocycles. The molecule has 0 aromatic carbocycles. The molecule has 0 spiro atoms. The van der Waals surface area contributed by atoms with E-state index in [1.807, 2.05) is 6.92 Å². The number of hydrogen-bond acceptors (Lipinski definition) is 4. The molecule has 1 unspecified atom stereocenters. The van der Waals surface area contributed by atoms with Crippen molar-refractivity contribution >= 4 is 23.5 Å². The van der Waals surface area contributed by atoms with Crippen molar-refractivity contribution < 1.29 is 19.1 Å². The van der Waals surface area contributed by atoms with Gasteiger partial charge in [-0.1, -0.05) is 24.9 Å². The molecule has 0 aliphatic rings. The van der Waals surface area contributed by atoms with Crippen molar-refractivity contribution in [1.82, 2.24) is 0 Å². The first-order chi connectivity index (χ1) is 7.60. The monoisotopic (exact) mass is 248 g/mol. The fourth-order valence-corrected chi connectivity index (χ4v) is 1.16. The van der Waals surface area contributed by atoms with Crippen LogP contribution in [0.4, 0.5) is 0 Å². The number of esters is 2. The van der Waals surface area contributed by atoms with Crippen molar-refractivity contribution in [2.75, 3.05) is 6.61 Å². The lowest BCUT2D eigenvalue weighted by atomic mass is 10.3. The smallest absolute Gasteiger partial charge is 0.332 e. The fraction of sp³-hybridized carbons (Fsp3) is 0.636.